The third-order valence-corrected chi connectivity index (χ3v) is 4.46. The van der Waals surface area contributed by atoms with E-state index in [0.717, 1.165) is 16.9 Å². The quantitative estimate of drug-likeness (QED) is 0.853. The Morgan fingerprint density at radius 3 is 3.00 bits per heavy atom. The summed E-state index contributed by atoms with van der Waals surface area (Å²) in [7, 11) is 0. The van der Waals surface area contributed by atoms with Gasteiger partial charge < -0.3 is 14.7 Å². The number of likely N-dealkylation sites (tertiary alicyclic amines) is 1. The number of carboxylic acid groups (broad SMARTS) is 1. The van der Waals surface area contributed by atoms with E-state index in [2.05, 4.69) is 0 Å². The van der Waals surface area contributed by atoms with Crippen molar-refractivity contribution in [3.05, 3.63) is 46.5 Å². The fourth-order valence-electron chi connectivity index (χ4n) is 2.92. The number of benzene rings is 1. The van der Waals surface area contributed by atoms with Gasteiger partial charge in [0, 0.05) is 29.8 Å². The Balaban J connectivity index is 1.67. The molecule has 5 nitrogen and oxygen atoms in total. The fraction of sp³-hybridized carbons (Fsp3) is 0.333. The zero-order valence-electron chi connectivity index (χ0n) is 13.1. The number of carbonyl (C=O) groups excluding carboxylic acids is 1. The van der Waals surface area contributed by atoms with E-state index in [1.807, 2.05) is 18.2 Å². The zero-order valence-corrected chi connectivity index (χ0v) is 13.8. The number of nitrogens with zero attached hydrogens (tertiary/aromatic N) is 1. The van der Waals surface area contributed by atoms with Gasteiger partial charge in [0.1, 0.15) is 12.4 Å². The molecule has 1 fully saturated rings. The van der Waals surface area contributed by atoms with Crippen molar-refractivity contribution in [3.63, 3.8) is 0 Å². The van der Waals surface area contributed by atoms with Crippen molar-refractivity contribution >= 4 is 29.6 Å². The second kappa shape index (κ2) is 7.09. The minimum absolute atomic E-state index is 0.168. The highest BCUT2D eigenvalue weighted by molar-refractivity contribution is 6.30. The number of carbonyl (C=O) groups is 2. The van der Waals surface area contributed by atoms with Crippen LogP contribution in [0, 0.1) is 5.92 Å². The number of fused-ring (bicyclic) bond motifs is 1. The molecule has 2 aliphatic rings. The summed E-state index contributed by atoms with van der Waals surface area (Å²) in [5, 5.41) is 9.72. The molecule has 0 aliphatic carbocycles. The number of rotatable bonds is 3. The van der Waals surface area contributed by atoms with Crippen LogP contribution in [0.2, 0.25) is 5.02 Å². The van der Waals surface area contributed by atoms with Crippen molar-refractivity contribution in [2.45, 2.75) is 12.8 Å². The van der Waals surface area contributed by atoms with Crippen LogP contribution in [0.25, 0.3) is 6.08 Å². The van der Waals surface area contributed by atoms with Crippen LogP contribution in [-0.2, 0) is 9.59 Å². The second-order valence-electron chi connectivity index (χ2n) is 5.99. The van der Waals surface area contributed by atoms with E-state index in [-0.39, 0.29) is 12.5 Å². The Morgan fingerprint density at radius 2 is 2.21 bits per heavy atom. The van der Waals surface area contributed by atoms with E-state index < -0.39 is 11.9 Å². The molecular weight excluding hydrogens is 330 g/mol. The first kappa shape index (κ1) is 16.6. The lowest BCUT2D eigenvalue weighted by Crippen LogP contribution is -2.41. The molecule has 0 bridgehead atoms. The Labute approximate surface area is 145 Å². The summed E-state index contributed by atoms with van der Waals surface area (Å²) in [5.41, 5.74) is 1.75. The molecular formula is C18H18ClNO4. The Kier molecular flexibility index (Phi) is 4.90. The number of ether oxygens (including phenoxy) is 1. The van der Waals surface area contributed by atoms with E-state index in [4.69, 9.17) is 21.4 Å². The number of halogens is 1. The molecule has 1 N–H and O–H groups in total. The molecule has 6 heteroatoms. The highest BCUT2D eigenvalue weighted by Gasteiger charge is 2.27. The highest BCUT2D eigenvalue weighted by Crippen LogP contribution is 2.29. The highest BCUT2D eigenvalue weighted by atomic mass is 35.5. The predicted molar refractivity (Wildman–Crippen MR) is 91.0 cm³/mol. The van der Waals surface area contributed by atoms with Crippen molar-refractivity contribution in [1.29, 1.82) is 0 Å². The SMILES string of the molecule is O=C(O)C1CCCN(C(=O)/C=C/C2=Cc3cc(Cl)ccc3OC2)C1. The molecule has 0 aromatic heterocycles. The summed E-state index contributed by atoms with van der Waals surface area (Å²) in [6, 6.07) is 5.40. The molecule has 1 atom stereocenters. The lowest BCUT2D eigenvalue weighted by Gasteiger charge is -2.29. The number of hydrogen-bond acceptors (Lipinski definition) is 3. The van der Waals surface area contributed by atoms with E-state index in [1.165, 1.54) is 6.08 Å². The van der Waals surface area contributed by atoms with Crippen LogP contribution >= 0.6 is 11.6 Å². The molecule has 0 saturated carbocycles. The number of hydrogen-bond donors (Lipinski definition) is 1. The van der Waals surface area contributed by atoms with E-state index in [9.17, 15) is 9.59 Å². The molecule has 126 valence electrons. The third kappa shape index (κ3) is 3.79. The molecule has 0 radical (unpaired) electrons. The summed E-state index contributed by atoms with van der Waals surface area (Å²) < 4.78 is 5.64. The molecule has 3 rings (SSSR count). The van der Waals surface area contributed by atoms with Gasteiger partial charge >= 0.3 is 5.97 Å². The second-order valence-corrected chi connectivity index (χ2v) is 6.42. The Hall–Kier alpha value is -2.27. The first-order valence-corrected chi connectivity index (χ1v) is 8.23. The molecule has 1 aromatic carbocycles. The molecule has 1 saturated heterocycles. The van der Waals surface area contributed by atoms with Gasteiger partial charge in [-0.1, -0.05) is 17.7 Å². The molecule has 24 heavy (non-hydrogen) atoms. The fourth-order valence-corrected chi connectivity index (χ4v) is 3.11. The topological polar surface area (TPSA) is 66.8 Å². The lowest BCUT2D eigenvalue weighted by atomic mass is 9.98. The van der Waals surface area contributed by atoms with Gasteiger partial charge in [0.05, 0.1) is 5.92 Å². The van der Waals surface area contributed by atoms with Crippen molar-refractivity contribution in [1.82, 2.24) is 4.90 Å². The van der Waals surface area contributed by atoms with E-state index >= 15 is 0 Å². The van der Waals surface area contributed by atoms with Crippen LogP contribution in [0.4, 0.5) is 0 Å². The minimum atomic E-state index is -0.839. The smallest absolute Gasteiger partial charge is 0.308 e. The molecule has 2 aliphatic heterocycles. The number of amides is 1. The normalized spacial score (nSPS) is 20.3. The summed E-state index contributed by atoms with van der Waals surface area (Å²) in [4.78, 5) is 24.9. The van der Waals surface area contributed by atoms with Crippen molar-refractivity contribution in [2.24, 2.45) is 5.92 Å². The maximum atomic E-state index is 12.3. The largest absolute Gasteiger partial charge is 0.488 e. The maximum absolute atomic E-state index is 12.3. The zero-order chi connectivity index (χ0) is 17.1. The van der Waals surface area contributed by atoms with Gasteiger partial charge in [-0.15, -0.1) is 0 Å². The van der Waals surface area contributed by atoms with Crippen LogP contribution in [0.1, 0.15) is 18.4 Å². The first-order chi connectivity index (χ1) is 11.5. The van der Waals surface area contributed by atoms with E-state index in [1.54, 1.807) is 17.0 Å². The standard InChI is InChI=1S/C18H18ClNO4/c19-15-4-5-16-14(9-15)8-12(11-24-16)3-6-17(21)20-7-1-2-13(10-20)18(22)23/h3-6,8-9,13H,1-2,7,10-11H2,(H,22,23)/b6-3+. The first-order valence-electron chi connectivity index (χ1n) is 7.85. The van der Waals surface area contributed by atoms with Crippen LogP contribution in [0.15, 0.2) is 35.9 Å². The van der Waals surface area contributed by atoms with Gasteiger partial charge in [0.15, 0.2) is 0 Å². The van der Waals surface area contributed by atoms with E-state index in [0.29, 0.717) is 31.0 Å². The molecule has 1 unspecified atom stereocenters. The Morgan fingerprint density at radius 1 is 1.38 bits per heavy atom. The van der Waals surface area contributed by atoms with Gasteiger partial charge in [-0.2, -0.15) is 0 Å². The molecule has 1 aromatic rings. The van der Waals surface area contributed by atoms with Crippen molar-refractivity contribution in [2.75, 3.05) is 19.7 Å². The van der Waals surface area contributed by atoms with Gasteiger partial charge in [-0.25, -0.2) is 0 Å². The number of piperidine rings is 1. The predicted octanol–water partition coefficient (Wildman–Crippen LogP) is 3.00. The summed E-state index contributed by atoms with van der Waals surface area (Å²) in [5.74, 6) is -0.711. The lowest BCUT2D eigenvalue weighted by molar-refractivity contribution is -0.144. The summed E-state index contributed by atoms with van der Waals surface area (Å²) in [6.07, 6.45) is 6.48. The van der Waals surface area contributed by atoms with Gasteiger partial charge in [0.2, 0.25) is 5.91 Å². The Bertz CT molecular complexity index is 726. The van der Waals surface area contributed by atoms with Crippen LogP contribution in [-0.4, -0.2) is 41.6 Å². The summed E-state index contributed by atoms with van der Waals surface area (Å²) in [6.45, 7) is 1.25. The molecule has 1 amide bonds. The average Bonchev–Trinajstić information content (AvgIpc) is 2.59. The minimum Gasteiger partial charge on any atom is -0.488 e. The van der Waals surface area contributed by atoms with Crippen molar-refractivity contribution in [3.8, 4) is 5.75 Å². The van der Waals surface area contributed by atoms with Crippen LogP contribution in [0.3, 0.4) is 0 Å². The van der Waals surface area contributed by atoms with Gasteiger partial charge in [0.25, 0.3) is 0 Å². The monoisotopic (exact) mass is 347 g/mol. The molecule has 2 heterocycles. The summed E-state index contributed by atoms with van der Waals surface area (Å²) >= 11 is 5.98. The third-order valence-electron chi connectivity index (χ3n) is 4.23. The number of aliphatic carboxylic acids is 1. The molecule has 0 spiro atoms. The van der Waals surface area contributed by atoms with Gasteiger partial charge in [-0.05, 0) is 42.7 Å². The number of carboxylic acids is 1. The maximum Gasteiger partial charge on any atom is 0.308 e. The van der Waals surface area contributed by atoms with Gasteiger partial charge in [-0.3, -0.25) is 9.59 Å². The average molecular weight is 348 g/mol. The van der Waals surface area contributed by atoms with Crippen LogP contribution in [0.5, 0.6) is 5.75 Å². The van der Waals surface area contributed by atoms with Crippen molar-refractivity contribution < 1.29 is 19.4 Å². The van der Waals surface area contributed by atoms with Crippen LogP contribution < -0.4 is 4.74 Å².